The van der Waals surface area contributed by atoms with E-state index in [1.54, 1.807) is 6.33 Å². The van der Waals surface area contributed by atoms with E-state index in [9.17, 15) is 0 Å². The summed E-state index contributed by atoms with van der Waals surface area (Å²) in [5.41, 5.74) is 5.78. The van der Waals surface area contributed by atoms with Gasteiger partial charge in [-0.05, 0) is 43.6 Å². The summed E-state index contributed by atoms with van der Waals surface area (Å²) in [6.07, 6.45) is 10.1. The van der Waals surface area contributed by atoms with Crippen LogP contribution in [0.2, 0.25) is 0 Å². The molecule has 4 heterocycles. The average Bonchev–Trinajstić information content (AvgIpc) is 2.69. The van der Waals surface area contributed by atoms with Crippen molar-refractivity contribution in [3.63, 3.8) is 0 Å². The Morgan fingerprint density at radius 1 is 0.800 bits per heavy atom. The molecule has 132 valence electrons. The number of nitrogens with zero attached hydrogens (tertiary/aromatic N) is 6. The fourth-order valence-corrected chi connectivity index (χ4v) is 4.16. The largest absolute Gasteiger partial charge is 0.384 e. The lowest BCUT2D eigenvalue weighted by atomic mass is 9.79. The molecule has 2 aliphatic heterocycles. The number of hydrogen-bond acceptors (Lipinski definition) is 7. The van der Waals surface area contributed by atoms with Crippen LogP contribution in [-0.4, -0.2) is 46.1 Å². The molecule has 7 heteroatoms. The van der Waals surface area contributed by atoms with Gasteiger partial charge in [-0.15, -0.1) is 0 Å². The highest BCUT2D eigenvalue weighted by molar-refractivity contribution is 5.46. The van der Waals surface area contributed by atoms with Crippen molar-refractivity contribution >= 4 is 17.6 Å². The van der Waals surface area contributed by atoms with Crippen LogP contribution in [0.25, 0.3) is 0 Å². The number of nitrogens with two attached hydrogens (primary N) is 1. The van der Waals surface area contributed by atoms with Crippen molar-refractivity contribution in [3.05, 3.63) is 30.9 Å². The van der Waals surface area contributed by atoms with Gasteiger partial charge < -0.3 is 15.5 Å². The van der Waals surface area contributed by atoms with Gasteiger partial charge in [0, 0.05) is 44.6 Å². The number of anilines is 3. The molecular weight excluding hydrogens is 314 g/mol. The molecule has 0 unspecified atom stereocenters. The van der Waals surface area contributed by atoms with Crippen LogP contribution in [0.1, 0.15) is 25.7 Å². The fraction of sp³-hybridized carbons (Fsp3) is 0.556. The van der Waals surface area contributed by atoms with Crippen molar-refractivity contribution in [1.82, 2.24) is 19.9 Å². The summed E-state index contributed by atoms with van der Waals surface area (Å²) in [6, 6.07) is 3.74. The Morgan fingerprint density at radius 3 is 2.00 bits per heavy atom. The second-order valence-electron chi connectivity index (χ2n) is 7.00. The third kappa shape index (κ3) is 3.65. The van der Waals surface area contributed by atoms with E-state index in [4.69, 9.17) is 5.73 Å². The zero-order chi connectivity index (χ0) is 17.1. The minimum absolute atomic E-state index is 0.544. The van der Waals surface area contributed by atoms with E-state index in [1.807, 2.05) is 24.5 Å². The van der Waals surface area contributed by atoms with Gasteiger partial charge in [-0.3, -0.25) is 0 Å². The highest BCUT2D eigenvalue weighted by Crippen LogP contribution is 2.34. The quantitative estimate of drug-likeness (QED) is 0.915. The van der Waals surface area contributed by atoms with Crippen LogP contribution in [0.4, 0.5) is 17.6 Å². The SMILES string of the molecule is Nc1cc(N2CCC(C3CCN(c4ncccn4)CC3)CC2)ncn1. The van der Waals surface area contributed by atoms with E-state index in [0.29, 0.717) is 5.82 Å². The monoisotopic (exact) mass is 339 g/mol. The maximum absolute atomic E-state index is 5.78. The molecule has 0 atom stereocenters. The standard InChI is InChI=1S/C18H25N7/c19-16-12-17(23-13-22-16)24-8-2-14(3-9-24)15-4-10-25(11-5-15)18-20-6-1-7-21-18/h1,6-7,12-15H,2-5,8-11H2,(H2,19,22,23). The number of nitrogen functional groups attached to an aromatic ring is 1. The van der Waals surface area contributed by atoms with Crippen molar-refractivity contribution in [2.75, 3.05) is 41.7 Å². The van der Waals surface area contributed by atoms with Crippen molar-refractivity contribution in [3.8, 4) is 0 Å². The van der Waals surface area contributed by atoms with Crippen LogP contribution in [0.15, 0.2) is 30.9 Å². The molecule has 2 aliphatic rings. The van der Waals surface area contributed by atoms with Gasteiger partial charge in [0.2, 0.25) is 5.95 Å². The third-order valence-corrected chi connectivity index (χ3v) is 5.58. The maximum atomic E-state index is 5.78. The van der Waals surface area contributed by atoms with Crippen molar-refractivity contribution in [2.45, 2.75) is 25.7 Å². The first kappa shape index (κ1) is 16.1. The molecule has 2 fully saturated rings. The molecule has 25 heavy (non-hydrogen) atoms. The van der Waals surface area contributed by atoms with E-state index in [0.717, 1.165) is 49.8 Å². The molecule has 7 nitrogen and oxygen atoms in total. The fourth-order valence-electron chi connectivity index (χ4n) is 4.16. The van der Waals surface area contributed by atoms with Gasteiger partial charge in [0.05, 0.1) is 0 Å². The van der Waals surface area contributed by atoms with E-state index >= 15 is 0 Å². The Balaban J connectivity index is 1.29. The summed E-state index contributed by atoms with van der Waals surface area (Å²) in [4.78, 5) is 21.7. The van der Waals surface area contributed by atoms with Gasteiger partial charge in [-0.25, -0.2) is 19.9 Å². The molecule has 2 aromatic rings. The lowest BCUT2D eigenvalue weighted by Crippen LogP contribution is -2.41. The van der Waals surface area contributed by atoms with Crippen LogP contribution < -0.4 is 15.5 Å². The van der Waals surface area contributed by atoms with Crippen molar-refractivity contribution in [1.29, 1.82) is 0 Å². The van der Waals surface area contributed by atoms with Crippen molar-refractivity contribution in [2.24, 2.45) is 11.8 Å². The predicted molar refractivity (Wildman–Crippen MR) is 98.4 cm³/mol. The first-order chi connectivity index (χ1) is 12.3. The molecule has 0 amide bonds. The molecule has 0 aromatic carbocycles. The van der Waals surface area contributed by atoms with Crippen LogP contribution in [0.3, 0.4) is 0 Å². The summed E-state index contributed by atoms with van der Waals surface area (Å²) in [7, 11) is 0. The second kappa shape index (κ2) is 7.21. The van der Waals surface area contributed by atoms with Gasteiger partial charge >= 0.3 is 0 Å². The Labute approximate surface area is 148 Å². The van der Waals surface area contributed by atoms with Gasteiger partial charge in [0.25, 0.3) is 0 Å². The molecule has 0 bridgehead atoms. The summed E-state index contributed by atoms with van der Waals surface area (Å²) < 4.78 is 0. The highest BCUT2D eigenvalue weighted by atomic mass is 15.2. The van der Waals surface area contributed by atoms with Crippen LogP contribution >= 0.6 is 0 Å². The summed E-state index contributed by atoms with van der Waals surface area (Å²) >= 11 is 0. The van der Waals surface area contributed by atoms with E-state index in [-0.39, 0.29) is 0 Å². The predicted octanol–water partition coefficient (Wildman–Crippen LogP) is 1.98. The number of rotatable bonds is 3. The van der Waals surface area contributed by atoms with E-state index < -0.39 is 0 Å². The molecule has 2 aromatic heterocycles. The molecular formula is C18H25N7. The number of aromatic nitrogens is 4. The molecule has 4 rings (SSSR count). The topological polar surface area (TPSA) is 84.1 Å². The smallest absolute Gasteiger partial charge is 0.225 e. The molecule has 0 spiro atoms. The zero-order valence-corrected chi connectivity index (χ0v) is 14.5. The van der Waals surface area contributed by atoms with E-state index in [2.05, 4.69) is 29.7 Å². The van der Waals surface area contributed by atoms with Crippen LogP contribution in [0, 0.1) is 11.8 Å². The Bertz CT molecular complexity index is 677. The number of hydrogen-bond donors (Lipinski definition) is 1. The van der Waals surface area contributed by atoms with Crippen molar-refractivity contribution < 1.29 is 0 Å². The summed E-state index contributed by atoms with van der Waals surface area (Å²) in [5, 5.41) is 0. The second-order valence-corrected chi connectivity index (χ2v) is 7.00. The first-order valence-corrected chi connectivity index (χ1v) is 9.14. The van der Waals surface area contributed by atoms with Gasteiger partial charge in [-0.1, -0.05) is 0 Å². The molecule has 2 saturated heterocycles. The Kier molecular flexibility index (Phi) is 4.63. The zero-order valence-electron chi connectivity index (χ0n) is 14.5. The minimum Gasteiger partial charge on any atom is -0.384 e. The lowest BCUT2D eigenvalue weighted by Gasteiger charge is -2.40. The summed E-state index contributed by atoms with van der Waals surface area (Å²) in [5.74, 6) is 4.01. The van der Waals surface area contributed by atoms with Gasteiger partial charge in [0.1, 0.15) is 18.0 Å². The van der Waals surface area contributed by atoms with E-state index in [1.165, 1.54) is 25.7 Å². The first-order valence-electron chi connectivity index (χ1n) is 9.14. The lowest BCUT2D eigenvalue weighted by molar-refractivity contribution is 0.232. The summed E-state index contributed by atoms with van der Waals surface area (Å²) in [6.45, 7) is 4.25. The number of piperidine rings is 2. The third-order valence-electron chi connectivity index (χ3n) is 5.58. The maximum Gasteiger partial charge on any atom is 0.225 e. The van der Waals surface area contributed by atoms with Crippen LogP contribution in [0.5, 0.6) is 0 Å². The minimum atomic E-state index is 0.544. The van der Waals surface area contributed by atoms with Crippen LogP contribution in [-0.2, 0) is 0 Å². The molecule has 0 radical (unpaired) electrons. The normalized spacial score (nSPS) is 20.0. The molecule has 0 aliphatic carbocycles. The highest BCUT2D eigenvalue weighted by Gasteiger charge is 2.30. The van der Waals surface area contributed by atoms with Gasteiger partial charge in [-0.2, -0.15) is 0 Å². The van der Waals surface area contributed by atoms with Gasteiger partial charge in [0.15, 0.2) is 0 Å². The molecule has 2 N–H and O–H groups in total. The average molecular weight is 339 g/mol. The molecule has 0 saturated carbocycles. The Morgan fingerprint density at radius 2 is 1.40 bits per heavy atom. The Hall–Kier alpha value is -2.44.